The Bertz CT molecular complexity index is 1330. The standard InChI is InChI=1S/C32H50N4O10/c1-27(2,3)31(17-10-11-19-34-23(40)20-12-14-21(37)15-13-20)32(45,46-29(7,8)9)36(31)26(44)35(28(4,5)6)24(41)30(33,25(42)43)18-16-22(38)39/h12-15,37,45H,10-11,16-19,33H2,1-9H3,(H,34,40)(H,38,39)(H,42,43)/t30?,31-,32-,36?/m0/s1. The summed E-state index contributed by atoms with van der Waals surface area (Å²) in [5.74, 6) is -7.05. The molecule has 1 fully saturated rings. The van der Waals surface area contributed by atoms with E-state index in [1.807, 2.05) is 0 Å². The van der Waals surface area contributed by atoms with Gasteiger partial charge in [0.1, 0.15) is 11.3 Å². The zero-order valence-electron chi connectivity index (χ0n) is 28.3. The largest absolute Gasteiger partial charge is 0.508 e. The fourth-order valence-electron chi connectivity index (χ4n) is 5.70. The van der Waals surface area contributed by atoms with E-state index in [1.54, 1.807) is 41.5 Å². The molecule has 14 heteroatoms. The zero-order valence-corrected chi connectivity index (χ0v) is 28.3. The molecule has 46 heavy (non-hydrogen) atoms. The number of aromatic hydroxyl groups is 1. The summed E-state index contributed by atoms with van der Waals surface area (Å²) in [6.45, 7) is 15.2. The molecule has 1 saturated heterocycles. The summed E-state index contributed by atoms with van der Waals surface area (Å²) >= 11 is 0. The van der Waals surface area contributed by atoms with Crippen LogP contribution in [-0.4, -0.2) is 94.7 Å². The molecule has 0 bridgehead atoms. The Hall–Kier alpha value is -3.75. The highest BCUT2D eigenvalue weighted by Crippen LogP contribution is 2.64. The van der Waals surface area contributed by atoms with Gasteiger partial charge in [0.05, 0.1) is 5.60 Å². The lowest BCUT2D eigenvalue weighted by molar-refractivity contribution is -0.223. The number of rotatable bonds is 12. The van der Waals surface area contributed by atoms with Crippen LogP contribution in [0.1, 0.15) is 105 Å². The van der Waals surface area contributed by atoms with Crippen LogP contribution in [0.2, 0.25) is 0 Å². The number of nitrogens with one attached hydrogen (secondary N) is 1. The van der Waals surface area contributed by atoms with Crippen LogP contribution in [0, 0.1) is 5.41 Å². The van der Waals surface area contributed by atoms with Crippen LogP contribution in [0.3, 0.4) is 0 Å². The summed E-state index contributed by atoms with van der Waals surface area (Å²) in [7, 11) is 0. The van der Waals surface area contributed by atoms with Crippen molar-refractivity contribution in [3.63, 3.8) is 0 Å². The van der Waals surface area contributed by atoms with Gasteiger partial charge in [0.15, 0.2) is 5.54 Å². The third-order valence-corrected chi connectivity index (χ3v) is 8.00. The Morgan fingerprint density at radius 1 is 0.935 bits per heavy atom. The predicted molar refractivity (Wildman–Crippen MR) is 168 cm³/mol. The van der Waals surface area contributed by atoms with Gasteiger partial charge in [-0.15, -0.1) is 0 Å². The predicted octanol–water partition coefficient (Wildman–Crippen LogP) is 3.25. The Balaban J connectivity index is 2.47. The second kappa shape index (κ2) is 13.2. The first-order chi connectivity index (χ1) is 20.8. The molecule has 0 radical (unpaired) electrons. The van der Waals surface area contributed by atoms with Gasteiger partial charge in [-0.3, -0.25) is 24.2 Å². The van der Waals surface area contributed by atoms with E-state index in [2.05, 4.69) is 5.32 Å². The van der Waals surface area contributed by atoms with Crippen LogP contribution in [-0.2, 0) is 19.1 Å². The van der Waals surface area contributed by atoms with Crippen molar-refractivity contribution in [2.75, 3.05) is 6.54 Å². The maximum atomic E-state index is 14.5. The monoisotopic (exact) mass is 650 g/mol. The Labute approximate surface area is 269 Å². The molecule has 258 valence electrons. The molecule has 7 N–H and O–H groups in total. The van der Waals surface area contributed by atoms with Gasteiger partial charge in [0.2, 0.25) is 0 Å². The number of hydrogen-bond donors (Lipinski definition) is 6. The van der Waals surface area contributed by atoms with E-state index in [-0.39, 0.29) is 24.6 Å². The van der Waals surface area contributed by atoms with E-state index < -0.39 is 70.3 Å². The maximum absolute atomic E-state index is 14.5. The molecule has 0 aromatic heterocycles. The van der Waals surface area contributed by atoms with Crippen molar-refractivity contribution in [1.82, 2.24) is 15.1 Å². The summed E-state index contributed by atoms with van der Waals surface area (Å²) in [6, 6.07) is 4.73. The Morgan fingerprint density at radius 3 is 1.91 bits per heavy atom. The number of nitrogens with two attached hydrogens (primary N) is 1. The summed E-state index contributed by atoms with van der Waals surface area (Å²) in [6.07, 6.45) is -0.514. The third-order valence-electron chi connectivity index (χ3n) is 8.00. The molecule has 4 amide bonds. The van der Waals surface area contributed by atoms with Gasteiger partial charge in [0.25, 0.3) is 17.7 Å². The van der Waals surface area contributed by atoms with Crippen LogP contribution in [0.25, 0.3) is 0 Å². The second-order valence-electron chi connectivity index (χ2n) is 14.8. The molecule has 0 spiro atoms. The Morgan fingerprint density at radius 2 is 1.48 bits per heavy atom. The maximum Gasteiger partial charge on any atom is 0.333 e. The SMILES string of the molecule is CC(C)(C)O[C@]1(O)N(C(=O)N(C(=O)C(N)(CCC(=O)O)C(=O)O)C(C)(C)C)[C@@]1(CCCCNC(=O)c1ccc(O)cc1)C(C)(C)C. The molecule has 1 aliphatic heterocycles. The van der Waals surface area contributed by atoms with Crippen LogP contribution < -0.4 is 11.1 Å². The van der Waals surface area contributed by atoms with Crippen LogP contribution in [0.15, 0.2) is 24.3 Å². The minimum Gasteiger partial charge on any atom is -0.508 e. The number of carbonyl (C=O) groups excluding carboxylic acids is 3. The minimum absolute atomic E-state index is 0.0321. The number of aliphatic hydroxyl groups is 1. The number of carboxylic acids is 2. The van der Waals surface area contributed by atoms with Crippen molar-refractivity contribution in [2.45, 2.75) is 123 Å². The fraction of sp³-hybridized carbons (Fsp3) is 0.656. The topological polar surface area (TPSA) is 220 Å². The summed E-state index contributed by atoms with van der Waals surface area (Å²) < 4.78 is 6.14. The van der Waals surface area contributed by atoms with Crippen LogP contribution in [0.5, 0.6) is 5.75 Å². The van der Waals surface area contributed by atoms with Gasteiger partial charge < -0.3 is 36.2 Å². The molecule has 1 unspecified atom stereocenters. The lowest BCUT2D eigenvalue weighted by atomic mass is 9.75. The summed E-state index contributed by atoms with van der Waals surface area (Å²) in [5, 5.41) is 43.5. The van der Waals surface area contributed by atoms with E-state index in [1.165, 1.54) is 45.0 Å². The molecule has 0 saturated carbocycles. The molecule has 14 nitrogen and oxygen atoms in total. The number of hydrogen-bond acceptors (Lipinski definition) is 9. The normalized spacial score (nSPS) is 21.2. The molecule has 1 aromatic rings. The Kier molecular flexibility index (Phi) is 11.0. The van der Waals surface area contributed by atoms with E-state index in [0.29, 0.717) is 23.3 Å². The first-order valence-electron chi connectivity index (χ1n) is 15.2. The number of carbonyl (C=O) groups is 5. The number of aliphatic carboxylic acids is 2. The highest BCUT2D eigenvalue weighted by molar-refractivity contribution is 6.12. The van der Waals surface area contributed by atoms with E-state index in [9.17, 15) is 39.3 Å². The van der Waals surface area contributed by atoms with Crippen molar-refractivity contribution >= 4 is 29.8 Å². The van der Waals surface area contributed by atoms with Gasteiger partial charge in [-0.25, -0.2) is 9.59 Å². The van der Waals surface area contributed by atoms with E-state index in [4.69, 9.17) is 15.6 Å². The minimum atomic E-state index is -2.75. The number of phenols is 1. The van der Waals surface area contributed by atoms with Gasteiger partial charge in [0, 0.05) is 24.1 Å². The summed E-state index contributed by atoms with van der Waals surface area (Å²) in [5.41, 5.74) is -0.966. The van der Waals surface area contributed by atoms with Crippen molar-refractivity contribution in [3.8, 4) is 5.75 Å². The van der Waals surface area contributed by atoms with Crippen molar-refractivity contribution in [2.24, 2.45) is 11.1 Å². The average Bonchev–Trinajstić information content (AvgIpc) is 3.42. The quantitative estimate of drug-likeness (QED) is 0.0834. The smallest absolute Gasteiger partial charge is 0.333 e. The van der Waals surface area contributed by atoms with Gasteiger partial charge in [-0.2, -0.15) is 0 Å². The lowest BCUT2D eigenvalue weighted by Crippen LogP contribution is -2.66. The van der Waals surface area contributed by atoms with Crippen molar-refractivity contribution < 1.29 is 49.1 Å². The number of amides is 4. The van der Waals surface area contributed by atoms with E-state index >= 15 is 0 Å². The van der Waals surface area contributed by atoms with E-state index in [0.717, 1.165) is 4.90 Å². The first-order valence-corrected chi connectivity index (χ1v) is 15.2. The third kappa shape index (κ3) is 7.78. The molecular formula is C32H50N4O10. The first kappa shape index (κ1) is 38.4. The molecular weight excluding hydrogens is 600 g/mol. The number of benzene rings is 1. The number of ether oxygens (including phenoxy) is 1. The zero-order chi connectivity index (χ0) is 35.7. The second-order valence-corrected chi connectivity index (χ2v) is 14.8. The summed E-state index contributed by atoms with van der Waals surface area (Å²) in [4.78, 5) is 66.1. The van der Waals surface area contributed by atoms with Gasteiger partial charge in [-0.1, -0.05) is 20.8 Å². The average molecular weight is 651 g/mol. The molecule has 0 aliphatic carbocycles. The number of nitrogens with zero attached hydrogens (tertiary/aromatic N) is 2. The molecule has 1 aromatic carbocycles. The number of phenolic OH excluding ortho intramolecular Hbond substituents is 1. The highest BCUT2D eigenvalue weighted by atomic mass is 16.7. The van der Waals surface area contributed by atoms with Crippen LogP contribution >= 0.6 is 0 Å². The molecule has 1 aliphatic rings. The van der Waals surface area contributed by atoms with Crippen molar-refractivity contribution in [1.29, 1.82) is 0 Å². The van der Waals surface area contributed by atoms with Crippen LogP contribution in [0.4, 0.5) is 4.79 Å². The lowest BCUT2D eigenvalue weighted by Gasteiger charge is -2.39. The highest BCUT2D eigenvalue weighted by Gasteiger charge is 2.84. The van der Waals surface area contributed by atoms with Gasteiger partial charge >= 0.3 is 18.0 Å². The molecule has 2 rings (SSSR count). The van der Waals surface area contributed by atoms with Gasteiger partial charge in [-0.05, 0) is 96.9 Å². The number of imide groups is 1. The number of unbranched alkanes of at least 4 members (excludes halogenated alkanes) is 1. The molecule has 1 heterocycles. The fourth-order valence-corrected chi connectivity index (χ4v) is 5.70. The molecule has 3 atom stereocenters. The number of carboxylic acid groups (broad SMARTS) is 2. The number of urea groups is 1. The van der Waals surface area contributed by atoms with Crippen molar-refractivity contribution in [3.05, 3.63) is 29.8 Å².